The standard InChI is InChI=1S/C22H25BClNO3/c1-20(2)21(3,4)28-23(27-20)16-8-10-18(11-9-16)25-19(26)22(12-13-22)15-6-5-7-17(24)14-15/h5-11,14H,12-13H2,1-4H3,(H,25,26). The van der Waals surface area contributed by atoms with Crippen LogP contribution in [-0.2, 0) is 19.5 Å². The van der Waals surface area contributed by atoms with Gasteiger partial charge in [0.05, 0.1) is 16.6 Å². The van der Waals surface area contributed by atoms with Crippen LogP contribution in [0.25, 0.3) is 0 Å². The van der Waals surface area contributed by atoms with Gasteiger partial charge in [0.15, 0.2) is 0 Å². The van der Waals surface area contributed by atoms with E-state index in [4.69, 9.17) is 20.9 Å². The summed E-state index contributed by atoms with van der Waals surface area (Å²) < 4.78 is 12.2. The Morgan fingerprint density at radius 3 is 2.14 bits per heavy atom. The van der Waals surface area contributed by atoms with Gasteiger partial charge < -0.3 is 14.6 Å². The van der Waals surface area contributed by atoms with Crippen molar-refractivity contribution in [2.24, 2.45) is 0 Å². The summed E-state index contributed by atoms with van der Waals surface area (Å²) in [5.41, 5.74) is 1.47. The third-order valence-corrected chi connectivity index (χ3v) is 6.49. The highest BCUT2D eigenvalue weighted by atomic mass is 35.5. The van der Waals surface area contributed by atoms with E-state index in [1.54, 1.807) is 0 Å². The van der Waals surface area contributed by atoms with Crippen LogP contribution >= 0.6 is 11.6 Å². The molecule has 4 rings (SSSR count). The molecule has 0 spiro atoms. The Bertz CT molecular complexity index is 890. The van der Waals surface area contributed by atoms with Crippen LogP contribution in [0.2, 0.25) is 5.02 Å². The van der Waals surface area contributed by atoms with Crippen molar-refractivity contribution in [1.29, 1.82) is 0 Å². The lowest BCUT2D eigenvalue weighted by molar-refractivity contribution is -0.118. The predicted molar refractivity (Wildman–Crippen MR) is 113 cm³/mol. The van der Waals surface area contributed by atoms with Crippen molar-refractivity contribution in [3.63, 3.8) is 0 Å². The molecule has 146 valence electrons. The summed E-state index contributed by atoms with van der Waals surface area (Å²) in [6.07, 6.45) is 1.68. The molecule has 4 nitrogen and oxygen atoms in total. The number of rotatable bonds is 4. The second kappa shape index (κ2) is 6.62. The molecule has 1 aliphatic heterocycles. The first-order chi connectivity index (χ1) is 13.1. The van der Waals surface area contributed by atoms with Crippen LogP contribution in [-0.4, -0.2) is 24.2 Å². The van der Waals surface area contributed by atoms with Gasteiger partial charge in [0.1, 0.15) is 0 Å². The second-order valence-electron chi connectivity index (χ2n) is 8.76. The molecule has 2 aromatic rings. The van der Waals surface area contributed by atoms with Gasteiger partial charge in [0.2, 0.25) is 5.91 Å². The molecular weight excluding hydrogens is 373 g/mol. The third kappa shape index (κ3) is 3.36. The Morgan fingerprint density at radius 2 is 1.61 bits per heavy atom. The predicted octanol–water partition coefficient (Wildman–Crippen LogP) is 4.31. The zero-order valence-corrected chi connectivity index (χ0v) is 17.5. The maximum atomic E-state index is 12.9. The van der Waals surface area contributed by atoms with Gasteiger partial charge >= 0.3 is 7.12 Å². The molecule has 2 aromatic carbocycles. The monoisotopic (exact) mass is 397 g/mol. The van der Waals surface area contributed by atoms with Crippen LogP contribution in [0.3, 0.4) is 0 Å². The molecule has 1 saturated heterocycles. The highest BCUT2D eigenvalue weighted by Crippen LogP contribution is 2.49. The van der Waals surface area contributed by atoms with Gasteiger partial charge in [-0.2, -0.15) is 0 Å². The molecule has 1 N–H and O–H groups in total. The summed E-state index contributed by atoms with van der Waals surface area (Å²) in [6, 6.07) is 15.2. The fraction of sp³-hybridized carbons (Fsp3) is 0.409. The normalized spacial score (nSPS) is 21.4. The van der Waals surface area contributed by atoms with Crippen molar-refractivity contribution < 1.29 is 14.1 Å². The van der Waals surface area contributed by atoms with Gasteiger partial charge in [-0.1, -0.05) is 35.9 Å². The smallest absolute Gasteiger partial charge is 0.399 e. The van der Waals surface area contributed by atoms with E-state index in [1.165, 1.54) is 0 Å². The van der Waals surface area contributed by atoms with Gasteiger partial charge in [-0.3, -0.25) is 4.79 Å². The number of carbonyl (C=O) groups excluding carboxylic acids is 1. The summed E-state index contributed by atoms with van der Waals surface area (Å²) in [4.78, 5) is 12.9. The van der Waals surface area contributed by atoms with Gasteiger partial charge in [0, 0.05) is 10.7 Å². The van der Waals surface area contributed by atoms with E-state index in [-0.39, 0.29) is 17.1 Å². The SMILES string of the molecule is CC1(C)OB(c2ccc(NC(=O)C3(c4cccc(Cl)c4)CC3)cc2)OC1(C)C. The van der Waals surface area contributed by atoms with E-state index >= 15 is 0 Å². The van der Waals surface area contributed by atoms with Crippen molar-refractivity contribution in [2.75, 3.05) is 5.32 Å². The zero-order valence-electron chi connectivity index (χ0n) is 16.7. The maximum absolute atomic E-state index is 12.9. The molecule has 0 atom stereocenters. The van der Waals surface area contributed by atoms with Gasteiger partial charge in [-0.05, 0) is 75.8 Å². The second-order valence-corrected chi connectivity index (χ2v) is 9.19. The van der Waals surface area contributed by atoms with Gasteiger partial charge in [-0.25, -0.2) is 0 Å². The summed E-state index contributed by atoms with van der Waals surface area (Å²) >= 11 is 6.11. The zero-order chi connectivity index (χ0) is 20.2. The van der Waals surface area contributed by atoms with Gasteiger partial charge in [0.25, 0.3) is 0 Å². The minimum atomic E-state index is -0.463. The number of amides is 1. The lowest BCUT2D eigenvalue weighted by Crippen LogP contribution is -2.41. The Balaban J connectivity index is 1.46. The van der Waals surface area contributed by atoms with E-state index in [1.807, 2.05) is 76.2 Å². The van der Waals surface area contributed by atoms with Crippen LogP contribution in [0, 0.1) is 0 Å². The molecule has 1 saturated carbocycles. The molecule has 6 heteroatoms. The number of halogens is 1. The summed E-state index contributed by atoms with van der Waals surface area (Å²) in [7, 11) is -0.406. The highest BCUT2D eigenvalue weighted by molar-refractivity contribution is 6.62. The average molecular weight is 398 g/mol. The molecule has 0 unspecified atom stereocenters. The van der Waals surface area contributed by atoms with Crippen molar-refractivity contribution >= 4 is 35.8 Å². The summed E-state index contributed by atoms with van der Waals surface area (Å²) in [5.74, 6) is 0.0122. The van der Waals surface area contributed by atoms with E-state index in [0.29, 0.717) is 5.02 Å². The molecule has 2 fully saturated rings. The third-order valence-electron chi connectivity index (χ3n) is 6.26. The first-order valence-electron chi connectivity index (χ1n) is 9.66. The first kappa shape index (κ1) is 19.5. The largest absolute Gasteiger partial charge is 0.494 e. The molecule has 1 aliphatic carbocycles. The number of nitrogens with one attached hydrogen (secondary N) is 1. The van der Waals surface area contributed by atoms with Crippen LogP contribution in [0.4, 0.5) is 5.69 Å². The minimum Gasteiger partial charge on any atom is -0.399 e. The van der Waals surface area contributed by atoms with Crippen molar-refractivity contribution in [1.82, 2.24) is 0 Å². The number of anilines is 1. The molecule has 2 aliphatic rings. The number of benzene rings is 2. The molecule has 28 heavy (non-hydrogen) atoms. The summed E-state index contributed by atoms with van der Waals surface area (Å²) in [6.45, 7) is 8.14. The maximum Gasteiger partial charge on any atom is 0.494 e. The molecular formula is C22H25BClNO3. The quantitative estimate of drug-likeness (QED) is 0.782. The van der Waals surface area contributed by atoms with E-state index in [0.717, 1.165) is 29.6 Å². The molecule has 0 aromatic heterocycles. The number of hydrogen-bond acceptors (Lipinski definition) is 3. The molecule has 1 heterocycles. The Kier molecular flexibility index (Phi) is 4.61. The van der Waals surface area contributed by atoms with Crippen molar-refractivity contribution in [3.8, 4) is 0 Å². The van der Waals surface area contributed by atoms with Crippen molar-refractivity contribution in [2.45, 2.75) is 57.2 Å². The Labute approximate surface area is 171 Å². The highest BCUT2D eigenvalue weighted by Gasteiger charge is 2.52. The van der Waals surface area contributed by atoms with Crippen LogP contribution in [0.1, 0.15) is 46.1 Å². The number of carbonyl (C=O) groups is 1. The topological polar surface area (TPSA) is 47.6 Å². The van der Waals surface area contributed by atoms with E-state index in [9.17, 15) is 4.79 Å². The molecule has 0 radical (unpaired) electrons. The molecule has 0 bridgehead atoms. The van der Waals surface area contributed by atoms with E-state index < -0.39 is 12.5 Å². The van der Waals surface area contributed by atoms with Crippen LogP contribution in [0.5, 0.6) is 0 Å². The summed E-state index contributed by atoms with van der Waals surface area (Å²) in [5, 5.41) is 3.71. The fourth-order valence-electron chi connectivity index (χ4n) is 3.51. The van der Waals surface area contributed by atoms with E-state index in [2.05, 4.69) is 5.32 Å². The minimum absolute atomic E-state index is 0.0122. The Hall–Kier alpha value is -1.82. The number of hydrogen-bond donors (Lipinski definition) is 1. The lowest BCUT2D eigenvalue weighted by Gasteiger charge is -2.32. The van der Waals surface area contributed by atoms with Crippen LogP contribution in [0.15, 0.2) is 48.5 Å². The average Bonchev–Trinajstić information content (AvgIpc) is 3.39. The molecule has 1 amide bonds. The fourth-order valence-corrected chi connectivity index (χ4v) is 3.70. The first-order valence-corrected chi connectivity index (χ1v) is 10.0. The Morgan fingerprint density at radius 1 is 1.00 bits per heavy atom. The van der Waals surface area contributed by atoms with Crippen molar-refractivity contribution in [3.05, 3.63) is 59.1 Å². The lowest BCUT2D eigenvalue weighted by atomic mass is 9.79. The van der Waals surface area contributed by atoms with Crippen LogP contribution < -0.4 is 10.8 Å². The van der Waals surface area contributed by atoms with Gasteiger partial charge in [-0.15, -0.1) is 0 Å².